The van der Waals surface area contributed by atoms with Gasteiger partial charge in [0, 0.05) is 17.8 Å². The summed E-state index contributed by atoms with van der Waals surface area (Å²) in [5.41, 5.74) is 2.40. The Hall–Kier alpha value is -3.20. The zero-order chi connectivity index (χ0) is 22.7. The second kappa shape index (κ2) is 9.30. The number of rotatable bonds is 8. The molecule has 0 bridgehead atoms. The molecule has 1 N–H and O–H groups in total. The van der Waals surface area contributed by atoms with Gasteiger partial charge in [0.25, 0.3) is 5.56 Å². The topological polar surface area (TPSA) is 111 Å². The Morgan fingerprint density at radius 1 is 1.19 bits per heavy atom. The number of aromatic nitrogens is 3. The van der Waals surface area contributed by atoms with Crippen LogP contribution in [0, 0.1) is 13.8 Å². The molecule has 3 aromatic rings. The number of fused-ring (bicyclic) bond motifs is 1. The lowest BCUT2D eigenvalue weighted by molar-refractivity contribution is -0.140. The fourth-order valence-electron chi connectivity index (χ4n) is 3.52. The molecule has 0 saturated carbocycles. The lowest BCUT2D eigenvalue weighted by atomic mass is 10.1. The number of hydrogen-bond donors (Lipinski definition) is 1. The van der Waals surface area contributed by atoms with E-state index in [0.29, 0.717) is 38.6 Å². The lowest BCUT2D eigenvalue weighted by Gasteiger charge is -2.12. The van der Waals surface area contributed by atoms with E-state index in [9.17, 15) is 19.2 Å². The monoisotopic (exact) mass is 441 g/mol. The van der Waals surface area contributed by atoms with Crippen molar-refractivity contribution in [1.29, 1.82) is 0 Å². The van der Waals surface area contributed by atoms with Crippen molar-refractivity contribution in [3.05, 3.63) is 57.1 Å². The first kappa shape index (κ1) is 22.5. The van der Waals surface area contributed by atoms with Gasteiger partial charge in [0.05, 0.1) is 35.9 Å². The summed E-state index contributed by atoms with van der Waals surface area (Å²) in [7, 11) is 1.29. The van der Waals surface area contributed by atoms with Crippen LogP contribution in [0.3, 0.4) is 0 Å². The van der Waals surface area contributed by atoms with E-state index < -0.39 is 5.97 Å². The summed E-state index contributed by atoms with van der Waals surface area (Å²) < 4.78 is 6.07. The lowest BCUT2D eigenvalue weighted by Crippen LogP contribution is -2.25. The van der Waals surface area contributed by atoms with Crippen molar-refractivity contribution in [3.8, 4) is 0 Å². The van der Waals surface area contributed by atoms with Crippen LogP contribution in [-0.2, 0) is 16.1 Å². The van der Waals surface area contributed by atoms with Crippen LogP contribution >= 0.6 is 11.8 Å². The highest BCUT2D eigenvalue weighted by atomic mass is 32.2. The number of para-hydroxylation sites is 1. The van der Waals surface area contributed by atoms with Gasteiger partial charge in [0.15, 0.2) is 16.7 Å². The van der Waals surface area contributed by atoms with Crippen LogP contribution in [-0.4, -0.2) is 44.9 Å². The number of nitrogens with one attached hydrogen (secondary N) is 1. The van der Waals surface area contributed by atoms with Crippen LogP contribution in [0.5, 0.6) is 0 Å². The van der Waals surface area contributed by atoms with E-state index >= 15 is 0 Å². The highest BCUT2D eigenvalue weighted by molar-refractivity contribution is 7.99. The van der Waals surface area contributed by atoms with E-state index in [1.807, 2.05) is 0 Å². The minimum atomic E-state index is -0.443. The maximum atomic E-state index is 13.0. The molecule has 8 nitrogen and oxygen atoms in total. The molecule has 2 aromatic heterocycles. The average Bonchev–Trinajstić information content (AvgIpc) is 3.05. The summed E-state index contributed by atoms with van der Waals surface area (Å²) in [5.74, 6) is -0.742. The molecule has 9 heteroatoms. The highest BCUT2D eigenvalue weighted by Crippen LogP contribution is 2.23. The van der Waals surface area contributed by atoms with Gasteiger partial charge in [-0.2, -0.15) is 0 Å². The summed E-state index contributed by atoms with van der Waals surface area (Å²) in [5, 5.41) is 0.777. The maximum Gasteiger partial charge on any atom is 0.307 e. The summed E-state index contributed by atoms with van der Waals surface area (Å²) in [6, 6.07) is 6.93. The molecule has 0 atom stereocenters. The van der Waals surface area contributed by atoms with Crippen LogP contribution in [0.25, 0.3) is 10.9 Å². The van der Waals surface area contributed by atoms with Crippen molar-refractivity contribution >= 4 is 40.2 Å². The zero-order valence-electron chi connectivity index (χ0n) is 17.8. The number of esters is 1. The normalized spacial score (nSPS) is 11.0. The van der Waals surface area contributed by atoms with Gasteiger partial charge in [-0.25, -0.2) is 4.98 Å². The molecule has 0 aliphatic heterocycles. The first-order valence-corrected chi connectivity index (χ1v) is 10.7. The number of nitrogens with zero attached hydrogens (tertiary/aromatic N) is 2. The Morgan fingerprint density at radius 2 is 1.90 bits per heavy atom. The van der Waals surface area contributed by atoms with Gasteiger partial charge >= 0.3 is 5.97 Å². The molecule has 0 spiro atoms. The third-order valence-corrected chi connectivity index (χ3v) is 5.97. The number of methoxy groups -OCH3 is 1. The number of hydrogen-bond acceptors (Lipinski definition) is 7. The van der Waals surface area contributed by atoms with Gasteiger partial charge in [-0.3, -0.25) is 23.7 Å². The molecule has 0 fully saturated rings. The fourth-order valence-corrected chi connectivity index (χ4v) is 4.42. The number of carbonyl (C=O) groups is 3. The van der Waals surface area contributed by atoms with Crippen LogP contribution in [0.1, 0.15) is 45.4 Å². The van der Waals surface area contributed by atoms with Crippen molar-refractivity contribution in [2.24, 2.45) is 0 Å². The molecule has 0 aliphatic rings. The number of H-pyrrole nitrogens is 1. The zero-order valence-corrected chi connectivity index (χ0v) is 18.6. The molecule has 1 aromatic carbocycles. The molecule has 162 valence electrons. The van der Waals surface area contributed by atoms with Gasteiger partial charge in [-0.05, 0) is 38.5 Å². The second-order valence-electron chi connectivity index (χ2n) is 7.09. The van der Waals surface area contributed by atoms with Gasteiger partial charge in [0.1, 0.15) is 0 Å². The van der Waals surface area contributed by atoms with Crippen LogP contribution in [0.2, 0.25) is 0 Å². The first-order chi connectivity index (χ1) is 14.7. The first-order valence-electron chi connectivity index (χ1n) is 9.67. The summed E-state index contributed by atoms with van der Waals surface area (Å²) >= 11 is 1.12. The van der Waals surface area contributed by atoms with Gasteiger partial charge in [0.2, 0.25) is 0 Å². The SMILES string of the molecule is COC(=O)CCn1c(SCC(=O)c2[nH]c(C)c(C(C)=O)c2C)nc2ccccc2c1=O. The predicted molar refractivity (Wildman–Crippen MR) is 118 cm³/mol. The van der Waals surface area contributed by atoms with Crippen molar-refractivity contribution in [3.63, 3.8) is 0 Å². The second-order valence-corrected chi connectivity index (χ2v) is 8.03. The van der Waals surface area contributed by atoms with E-state index in [-0.39, 0.29) is 35.8 Å². The number of aromatic amines is 1. The van der Waals surface area contributed by atoms with E-state index in [2.05, 4.69) is 14.7 Å². The smallest absolute Gasteiger partial charge is 0.307 e. The largest absolute Gasteiger partial charge is 0.469 e. The van der Waals surface area contributed by atoms with Crippen molar-refractivity contribution < 1.29 is 19.1 Å². The van der Waals surface area contributed by atoms with Crippen LogP contribution < -0.4 is 5.56 Å². The van der Waals surface area contributed by atoms with Crippen molar-refractivity contribution in [1.82, 2.24) is 14.5 Å². The molecule has 0 aliphatic carbocycles. The van der Waals surface area contributed by atoms with Gasteiger partial charge < -0.3 is 9.72 Å². The molecule has 2 heterocycles. The summed E-state index contributed by atoms with van der Waals surface area (Å²) in [6.07, 6.45) is 0.00877. The number of ketones is 2. The Kier molecular flexibility index (Phi) is 6.74. The fraction of sp³-hybridized carbons (Fsp3) is 0.318. The third-order valence-electron chi connectivity index (χ3n) is 4.99. The van der Waals surface area contributed by atoms with Gasteiger partial charge in [-0.15, -0.1) is 0 Å². The average molecular weight is 442 g/mol. The quantitative estimate of drug-likeness (QED) is 0.247. The molecule has 0 amide bonds. The number of aryl methyl sites for hydroxylation is 1. The van der Waals surface area contributed by atoms with E-state index in [1.165, 1.54) is 18.6 Å². The Bertz CT molecular complexity index is 1240. The van der Waals surface area contributed by atoms with E-state index in [0.717, 1.165) is 11.8 Å². The molecule has 0 radical (unpaired) electrons. The maximum absolute atomic E-state index is 13.0. The number of carbonyl (C=O) groups excluding carboxylic acids is 3. The number of ether oxygens (including phenoxy) is 1. The Labute approximate surface area is 183 Å². The summed E-state index contributed by atoms with van der Waals surface area (Å²) in [4.78, 5) is 56.8. The number of Topliss-reactive ketones (excluding diaryl/α,β-unsaturated/α-hetero) is 2. The molecular formula is C22H23N3O5S. The number of benzene rings is 1. The van der Waals surface area contributed by atoms with E-state index in [1.54, 1.807) is 38.1 Å². The Morgan fingerprint density at radius 3 is 2.55 bits per heavy atom. The van der Waals surface area contributed by atoms with Gasteiger partial charge in [-0.1, -0.05) is 23.9 Å². The molecule has 0 saturated heterocycles. The molecule has 0 unspecified atom stereocenters. The molecule has 31 heavy (non-hydrogen) atoms. The highest BCUT2D eigenvalue weighted by Gasteiger charge is 2.21. The Balaban J connectivity index is 1.92. The predicted octanol–water partition coefficient (Wildman–Crippen LogP) is 3.08. The van der Waals surface area contributed by atoms with Crippen molar-refractivity contribution in [2.75, 3.05) is 12.9 Å². The minimum absolute atomic E-state index is 0.00877. The minimum Gasteiger partial charge on any atom is -0.469 e. The van der Waals surface area contributed by atoms with Crippen molar-refractivity contribution in [2.45, 2.75) is 38.9 Å². The summed E-state index contributed by atoms with van der Waals surface area (Å²) in [6.45, 7) is 5.04. The number of thioether (sulfide) groups is 1. The molecular weight excluding hydrogens is 418 g/mol. The molecule has 3 rings (SSSR count). The van der Waals surface area contributed by atoms with Crippen LogP contribution in [0.4, 0.5) is 0 Å². The third kappa shape index (κ3) is 4.61. The van der Waals surface area contributed by atoms with E-state index in [4.69, 9.17) is 0 Å². The van der Waals surface area contributed by atoms with Crippen LogP contribution in [0.15, 0.2) is 34.2 Å². The standard InChI is InChI=1S/C22H23N3O5S/c1-12-19(14(3)26)13(2)23-20(12)17(27)11-31-22-24-16-8-6-5-7-15(16)21(29)25(22)10-9-18(28)30-4/h5-8,23H,9-11H2,1-4H3.